The highest BCUT2D eigenvalue weighted by atomic mass is 35.5. The summed E-state index contributed by atoms with van der Waals surface area (Å²) >= 11 is 6.11. The SMILES string of the molecule is CC(C)[Si](O/C(=C/C=C/c1ccc([N+](=O)[O-])cc1)c1ccc(Cl)cc1)(C(C)C)C(C)C. The number of nitro groups is 1. The molecular formula is C25H32ClNO3Si. The molecule has 0 aliphatic heterocycles. The van der Waals surface area contributed by atoms with Gasteiger partial charge in [-0.2, -0.15) is 0 Å². The first kappa shape index (κ1) is 24.9. The maximum absolute atomic E-state index is 10.9. The van der Waals surface area contributed by atoms with Crippen LogP contribution in [-0.2, 0) is 4.43 Å². The molecule has 0 atom stereocenters. The van der Waals surface area contributed by atoms with Crippen LogP contribution in [0.5, 0.6) is 0 Å². The first-order valence-corrected chi connectivity index (χ1v) is 13.2. The predicted molar refractivity (Wildman–Crippen MR) is 134 cm³/mol. The van der Waals surface area contributed by atoms with Gasteiger partial charge in [0.15, 0.2) is 0 Å². The fraction of sp³-hybridized carbons (Fsp3) is 0.360. The fourth-order valence-corrected chi connectivity index (χ4v) is 9.70. The van der Waals surface area contributed by atoms with Crippen molar-refractivity contribution in [3.05, 3.63) is 86.9 Å². The highest BCUT2D eigenvalue weighted by Gasteiger charge is 2.47. The van der Waals surface area contributed by atoms with Crippen LogP contribution in [0.15, 0.2) is 60.7 Å². The molecule has 4 nitrogen and oxygen atoms in total. The van der Waals surface area contributed by atoms with Crippen molar-refractivity contribution in [2.45, 2.75) is 58.2 Å². The normalized spacial score (nSPS) is 12.9. The monoisotopic (exact) mass is 457 g/mol. The van der Waals surface area contributed by atoms with E-state index in [9.17, 15) is 10.1 Å². The third-order valence-electron chi connectivity index (χ3n) is 5.76. The highest BCUT2D eigenvalue weighted by Crippen LogP contribution is 2.45. The maximum atomic E-state index is 10.9. The largest absolute Gasteiger partial charge is 0.542 e. The Kier molecular flexibility index (Phi) is 8.66. The summed E-state index contributed by atoms with van der Waals surface area (Å²) in [5.41, 5.74) is 3.29. The third kappa shape index (κ3) is 6.08. The van der Waals surface area contributed by atoms with Gasteiger partial charge in [-0.05, 0) is 64.7 Å². The van der Waals surface area contributed by atoms with Gasteiger partial charge in [-0.3, -0.25) is 10.1 Å². The number of rotatable bonds is 9. The predicted octanol–water partition coefficient (Wildman–Crippen LogP) is 8.49. The summed E-state index contributed by atoms with van der Waals surface area (Å²) < 4.78 is 6.95. The molecule has 0 spiro atoms. The van der Waals surface area contributed by atoms with Crippen LogP contribution in [0.2, 0.25) is 21.6 Å². The Morgan fingerprint density at radius 2 is 1.45 bits per heavy atom. The van der Waals surface area contributed by atoms with Gasteiger partial charge in [-0.25, -0.2) is 0 Å². The van der Waals surface area contributed by atoms with Crippen molar-refractivity contribution >= 4 is 37.4 Å². The van der Waals surface area contributed by atoms with E-state index in [0.29, 0.717) is 21.6 Å². The number of hydrogen-bond acceptors (Lipinski definition) is 3. The topological polar surface area (TPSA) is 52.4 Å². The van der Waals surface area contributed by atoms with E-state index in [-0.39, 0.29) is 5.69 Å². The average molecular weight is 458 g/mol. The molecule has 0 amide bonds. The second-order valence-corrected chi connectivity index (χ2v) is 14.5. The Morgan fingerprint density at radius 3 is 1.90 bits per heavy atom. The average Bonchev–Trinajstić information content (AvgIpc) is 2.70. The van der Waals surface area contributed by atoms with E-state index in [4.69, 9.17) is 16.0 Å². The Bertz CT molecular complexity index is 910. The molecule has 0 unspecified atom stereocenters. The summed E-state index contributed by atoms with van der Waals surface area (Å²) in [4.78, 5) is 10.5. The number of benzene rings is 2. The zero-order valence-corrected chi connectivity index (χ0v) is 20.9. The molecule has 0 aliphatic rings. The van der Waals surface area contributed by atoms with Crippen molar-refractivity contribution in [3.63, 3.8) is 0 Å². The number of non-ortho nitro benzene ring substituents is 1. The molecule has 6 heteroatoms. The minimum atomic E-state index is -2.15. The molecule has 0 saturated heterocycles. The number of allylic oxidation sites excluding steroid dienone is 2. The lowest BCUT2D eigenvalue weighted by atomic mass is 10.1. The summed E-state index contributed by atoms with van der Waals surface area (Å²) in [7, 11) is -2.15. The molecule has 0 heterocycles. The Morgan fingerprint density at radius 1 is 0.935 bits per heavy atom. The van der Waals surface area contributed by atoms with Crippen molar-refractivity contribution < 1.29 is 9.35 Å². The van der Waals surface area contributed by atoms with E-state index in [2.05, 4.69) is 41.5 Å². The van der Waals surface area contributed by atoms with Gasteiger partial charge in [0.25, 0.3) is 14.0 Å². The molecule has 2 aromatic rings. The maximum Gasteiger partial charge on any atom is 0.269 e. The standard InChI is InChI=1S/C25H32ClNO3Si/c1-18(2)31(19(3)4,20(5)6)30-25(22-12-14-23(26)15-13-22)9-7-8-21-10-16-24(17-11-21)27(28)29/h7-20H,1-6H3/b8-7+,25-9+. The lowest BCUT2D eigenvalue weighted by molar-refractivity contribution is -0.384. The van der Waals surface area contributed by atoms with Crippen LogP contribution in [0.25, 0.3) is 11.8 Å². The van der Waals surface area contributed by atoms with Gasteiger partial charge < -0.3 is 4.43 Å². The van der Waals surface area contributed by atoms with Crippen LogP contribution in [0.4, 0.5) is 5.69 Å². The van der Waals surface area contributed by atoms with E-state index in [1.54, 1.807) is 12.1 Å². The molecule has 0 aliphatic carbocycles. The molecule has 2 aromatic carbocycles. The molecule has 0 radical (unpaired) electrons. The van der Waals surface area contributed by atoms with E-state index < -0.39 is 13.2 Å². The Hall–Kier alpha value is -2.37. The lowest BCUT2D eigenvalue weighted by Crippen LogP contribution is -2.47. The summed E-state index contributed by atoms with van der Waals surface area (Å²) in [5.74, 6) is 0.831. The van der Waals surface area contributed by atoms with Crippen LogP contribution < -0.4 is 0 Å². The van der Waals surface area contributed by atoms with Gasteiger partial charge in [0.2, 0.25) is 0 Å². The second-order valence-electron chi connectivity index (χ2n) is 8.67. The Balaban J connectivity index is 2.44. The minimum absolute atomic E-state index is 0.0828. The molecule has 0 N–H and O–H groups in total. The molecular weight excluding hydrogens is 426 g/mol. The summed E-state index contributed by atoms with van der Waals surface area (Å²) in [6.07, 6.45) is 5.84. The van der Waals surface area contributed by atoms with Crippen LogP contribution in [-0.4, -0.2) is 13.2 Å². The second kappa shape index (κ2) is 10.8. The zero-order chi connectivity index (χ0) is 23.2. The number of nitro benzene ring substituents is 1. The van der Waals surface area contributed by atoms with Crippen LogP contribution in [0.3, 0.4) is 0 Å². The first-order valence-electron chi connectivity index (χ1n) is 10.7. The fourth-order valence-electron chi connectivity index (χ4n) is 4.30. The molecule has 2 rings (SSSR count). The van der Waals surface area contributed by atoms with Crippen LogP contribution in [0.1, 0.15) is 52.7 Å². The number of halogens is 1. The smallest absolute Gasteiger partial charge is 0.269 e. The van der Waals surface area contributed by atoms with Gasteiger partial charge in [0.1, 0.15) is 5.76 Å². The highest BCUT2D eigenvalue weighted by molar-refractivity contribution is 6.78. The van der Waals surface area contributed by atoms with Crippen molar-refractivity contribution in [1.82, 2.24) is 0 Å². The minimum Gasteiger partial charge on any atom is -0.542 e. The molecule has 0 saturated carbocycles. The molecule has 166 valence electrons. The molecule has 0 aromatic heterocycles. The van der Waals surface area contributed by atoms with E-state index >= 15 is 0 Å². The van der Waals surface area contributed by atoms with Crippen molar-refractivity contribution in [1.29, 1.82) is 0 Å². The van der Waals surface area contributed by atoms with Gasteiger partial charge in [0, 0.05) is 22.7 Å². The Labute approximate surface area is 191 Å². The molecule has 0 bridgehead atoms. The lowest BCUT2D eigenvalue weighted by Gasteiger charge is -2.43. The number of nitrogens with zero attached hydrogens (tertiary/aromatic N) is 1. The summed E-state index contributed by atoms with van der Waals surface area (Å²) in [6.45, 7) is 13.6. The van der Waals surface area contributed by atoms with Crippen molar-refractivity contribution in [2.24, 2.45) is 0 Å². The summed E-state index contributed by atoms with van der Waals surface area (Å²) in [6, 6.07) is 14.2. The quantitative estimate of drug-likeness (QED) is 0.125. The number of hydrogen-bond donors (Lipinski definition) is 0. The van der Waals surface area contributed by atoms with Crippen molar-refractivity contribution in [3.8, 4) is 0 Å². The van der Waals surface area contributed by atoms with E-state index in [1.807, 2.05) is 42.5 Å². The van der Waals surface area contributed by atoms with Gasteiger partial charge >= 0.3 is 0 Å². The van der Waals surface area contributed by atoms with Gasteiger partial charge in [-0.1, -0.05) is 65.3 Å². The van der Waals surface area contributed by atoms with E-state index in [1.165, 1.54) is 12.1 Å². The third-order valence-corrected chi connectivity index (χ3v) is 12.0. The van der Waals surface area contributed by atoms with Crippen LogP contribution >= 0.6 is 11.6 Å². The first-order chi connectivity index (χ1) is 14.6. The molecule has 0 fully saturated rings. The van der Waals surface area contributed by atoms with E-state index in [0.717, 1.165) is 16.9 Å². The zero-order valence-electron chi connectivity index (χ0n) is 19.1. The summed E-state index contributed by atoms with van der Waals surface area (Å²) in [5, 5.41) is 11.5. The van der Waals surface area contributed by atoms with Crippen LogP contribution in [0, 0.1) is 10.1 Å². The van der Waals surface area contributed by atoms with Gasteiger partial charge in [-0.15, -0.1) is 0 Å². The van der Waals surface area contributed by atoms with Gasteiger partial charge in [0.05, 0.1) is 4.92 Å². The van der Waals surface area contributed by atoms with Crippen molar-refractivity contribution in [2.75, 3.05) is 0 Å². The molecule has 31 heavy (non-hydrogen) atoms.